The van der Waals surface area contributed by atoms with E-state index in [2.05, 4.69) is 126 Å². The molecule has 4 aromatic carbocycles. The summed E-state index contributed by atoms with van der Waals surface area (Å²) in [6.45, 7) is 6.40. The zero-order valence-electron chi connectivity index (χ0n) is 23.6. The number of rotatable bonds is 5. The molecule has 42 heavy (non-hydrogen) atoms. The monoisotopic (exact) mass is 661 g/mol. The Kier molecular flexibility index (Phi) is 9.89. The predicted octanol–water partition coefficient (Wildman–Crippen LogP) is 10.5. The van der Waals surface area contributed by atoms with Crippen LogP contribution in [0.2, 0.25) is 0 Å². The molecule has 0 fully saturated rings. The van der Waals surface area contributed by atoms with Crippen molar-refractivity contribution in [1.29, 1.82) is 0 Å². The van der Waals surface area contributed by atoms with Gasteiger partial charge in [0.05, 0.1) is 10.7 Å². The first-order valence-corrected chi connectivity index (χ1v) is 15.9. The standard InChI is InChI=1S/C36H32N2S2.CH4.Y/c1-3-37-31-20-18-27-12-5-7-14-29(27)35(31)39-33(37)22-16-25-10-9-11-26(24-25)17-23-34-38(4-2)32-21-19-28-13-6-8-15-30(28)36(32)40-34;;/h5-8,12-23H,3-4,9-11H2,1-2H3;1H4;. The fourth-order valence-corrected chi connectivity index (χ4v) is 8.48. The molecule has 5 heteroatoms. The number of aromatic nitrogens is 1. The van der Waals surface area contributed by atoms with Crippen LogP contribution in [0, 0.1) is 6.08 Å². The molecule has 1 aliphatic carbocycles. The number of allylic oxidation sites excluding steroid dienone is 6. The smallest absolute Gasteiger partial charge is 0.250 e. The molecular formula is C37H36N2S2Y. The molecular weight excluding hydrogens is 625 g/mol. The van der Waals surface area contributed by atoms with Gasteiger partial charge in [0.2, 0.25) is 5.52 Å². The molecule has 1 aliphatic heterocycles. The summed E-state index contributed by atoms with van der Waals surface area (Å²) in [6, 6.07) is 26.5. The third-order valence-corrected chi connectivity index (χ3v) is 10.3. The molecule has 2 aliphatic rings. The van der Waals surface area contributed by atoms with Gasteiger partial charge in [-0.15, -0.1) is 6.08 Å². The Morgan fingerprint density at radius 2 is 1.60 bits per heavy atom. The van der Waals surface area contributed by atoms with Gasteiger partial charge >= 0.3 is 0 Å². The van der Waals surface area contributed by atoms with Crippen LogP contribution in [0.15, 0.2) is 112 Å². The quantitative estimate of drug-likeness (QED) is 0.137. The fraction of sp³-hybridized carbons (Fsp3) is 0.216. The Labute approximate surface area is 283 Å². The van der Waals surface area contributed by atoms with E-state index in [9.17, 15) is 0 Å². The van der Waals surface area contributed by atoms with Gasteiger partial charge in [0.25, 0.3) is 5.01 Å². The van der Waals surface area contributed by atoms with E-state index >= 15 is 0 Å². The summed E-state index contributed by atoms with van der Waals surface area (Å²) < 4.78 is 3.81. The third-order valence-electron chi connectivity index (χ3n) is 7.94. The summed E-state index contributed by atoms with van der Waals surface area (Å²) in [5, 5.41) is 7.89. The van der Waals surface area contributed by atoms with E-state index in [4.69, 9.17) is 0 Å². The second-order valence-electron chi connectivity index (χ2n) is 10.3. The molecule has 0 atom stereocenters. The molecule has 1 aromatic heterocycles. The number of hydrogen-bond acceptors (Lipinski definition) is 3. The van der Waals surface area contributed by atoms with Gasteiger partial charge in [-0.1, -0.05) is 104 Å². The van der Waals surface area contributed by atoms with Crippen molar-refractivity contribution in [3.63, 3.8) is 0 Å². The molecule has 0 N–H and O–H groups in total. The van der Waals surface area contributed by atoms with Crippen molar-refractivity contribution in [3.8, 4) is 0 Å². The van der Waals surface area contributed by atoms with Gasteiger partial charge in [-0.3, -0.25) is 0 Å². The van der Waals surface area contributed by atoms with E-state index in [1.54, 1.807) is 0 Å². The van der Waals surface area contributed by atoms with Crippen molar-refractivity contribution in [2.75, 3.05) is 11.4 Å². The molecule has 5 aromatic rings. The Morgan fingerprint density at radius 1 is 0.857 bits per heavy atom. The van der Waals surface area contributed by atoms with Crippen LogP contribution in [0.4, 0.5) is 5.69 Å². The first-order chi connectivity index (χ1) is 19.7. The SMILES string of the molecule is C.CCN1/C(=C/C=C2[C-]=C(/C=C/c3sc4c5ccccc5ccc4[n+]3CC)CCC/2)Sc2c1ccc1ccccc21.[Y]. The van der Waals surface area contributed by atoms with Gasteiger partial charge in [0.15, 0.2) is 0 Å². The summed E-state index contributed by atoms with van der Waals surface area (Å²) >= 11 is 3.79. The van der Waals surface area contributed by atoms with E-state index in [0.29, 0.717) is 0 Å². The van der Waals surface area contributed by atoms with Gasteiger partial charge in [-0.25, -0.2) is 0 Å². The minimum absolute atomic E-state index is 0. The minimum atomic E-state index is 0. The second-order valence-corrected chi connectivity index (χ2v) is 12.4. The summed E-state index contributed by atoms with van der Waals surface area (Å²) in [5.74, 6) is 0. The summed E-state index contributed by atoms with van der Waals surface area (Å²) in [7, 11) is 0. The molecule has 1 radical (unpaired) electrons. The van der Waals surface area contributed by atoms with Crippen LogP contribution in [0.1, 0.15) is 45.5 Å². The molecule has 209 valence electrons. The number of thiazole rings is 1. The maximum absolute atomic E-state index is 3.75. The van der Waals surface area contributed by atoms with Gasteiger partial charge < -0.3 is 4.90 Å². The third kappa shape index (κ3) is 5.72. The zero-order valence-corrected chi connectivity index (χ0v) is 28.0. The first kappa shape index (κ1) is 30.9. The minimum Gasteiger partial charge on any atom is -0.336 e. The summed E-state index contributed by atoms with van der Waals surface area (Å²) in [6.07, 6.45) is 16.3. The Hall–Kier alpha value is -2.50. The number of thioether (sulfide) groups is 1. The molecule has 2 nitrogen and oxygen atoms in total. The molecule has 0 saturated heterocycles. The molecule has 0 saturated carbocycles. The average molecular weight is 662 g/mol. The van der Waals surface area contributed by atoms with Gasteiger partial charge in [0, 0.05) is 55.6 Å². The molecule has 2 heterocycles. The maximum Gasteiger partial charge on any atom is 0.250 e. The number of nitrogens with zero attached hydrogens (tertiary/aromatic N) is 2. The zero-order chi connectivity index (χ0) is 27.1. The molecule has 0 spiro atoms. The van der Waals surface area contributed by atoms with Crippen LogP contribution in [0.3, 0.4) is 0 Å². The summed E-state index contributed by atoms with van der Waals surface area (Å²) in [4.78, 5) is 3.81. The Morgan fingerprint density at radius 3 is 2.38 bits per heavy atom. The predicted molar refractivity (Wildman–Crippen MR) is 181 cm³/mol. The van der Waals surface area contributed by atoms with Crippen molar-refractivity contribution in [2.24, 2.45) is 0 Å². The van der Waals surface area contributed by atoms with E-state index in [1.165, 1.54) is 69.9 Å². The van der Waals surface area contributed by atoms with E-state index in [0.717, 1.165) is 25.9 Å². The van der Waals surface area contributed by atoms with Crippen molar-refractivity contribution < 1.29 is 37.3 Å². The molecule has 0 bridgehead atoms. The van der Waals surface area contributed by atoms with Crippen molar-refractivity contribution >= 4 is 66.6 Å². The van der Waals surface area contributed by atoms with E-state index < -0.39 is 0 Å². The first-order valence-electron chi connectivity index (χ1n) is 14.3. The second kappa shape index (κ2) is 13.4. The number of fused-ring (bicyclic) bond motifs is 6. The van der Waals surface area contributed by atoms with Crippen LogP contribution in [-0.4, -0.2) is 6.54 Å². The van der Waals surface area contributed by atoms with E-state index in [1.807, 2.05) is 23.1 Å². The van der Waals surface area contributed by atoms with Gasteiger partial charge in [-0.05, 0) is 54.6 Å². The van der Waals surface area contributed by atoms with Crippen LogP contribution in [-0.2, 0) is 39.3 Å². The Balaban J connectivity index is 0.00000176. The maximum atomic E-state index is 3.75. The van der Waals surface area contributed by atoms with Gasteiger partial charge in [-0.2, -0.15) is 27.9 Å². The van der Waals surface area contributed by atoms with Gasteiger partial charge in [0.1, 0.15) is 11.2 Å². The fourth-order valence-electron chi connectivity index (χ4n) is 5.95. The van der Waals surface area contributed by atoms with Crippen LogP contribution >= 0.6 is 23.1 Å². The van der Waals surface area contributed by atoms with Crippen LogP contribution in [0.5, 0.6) is 0 Å². The number of anilines is 1. The molecule has 0 unspecified atom stereocenters. The largest absolute Gasteiger partial charge is 0.336 e. The van der Waals surface area contributed by atoms with Crippen molar-refractivity contribution in [1.82, 2.24) is 0 Å². The van der Waals surface area contributed by atoms with Crippen molar-refractivity contribution in [3.05, 3.63) is 118 Å². The summed E-state index contributed by atoms with van der Waals surface area (Å²) in [5.41, 5.74) is 5.23. The average Bonchev–Trinajstić information content (AvgIpc) is 3.56. The van der Waals surface area contributed by atoms with Crippen LogP contribution in [0.25, 0.3) is 37.8 Å². The normalized spacial score (nSPS) is 16.8. The molecule has 0 amide bonds. The Bertz CT molecular complexity index is 1890. The van der Waals surface area contributed by atoms with E-state index in [-0.39, 0.29) is 40.1 Å². The topological polar surface area (TPSA) is 7.12 Å². The number of benzene rings is 4. The molecule has 7 rings (SSSR count). The van der Waals surface area contributed by atoms with Crippen molar-refractivity contribution in [2.45, 2.75) is 52.0 Å². The van der Waals surface area contributed by atoms with Crippen LogP contribution < -0.4 is 9.47 Å². The number of aryl methyl sites for hydroxylation is 1. The number of hydrogen-bond donors (Lipinski definition) is 0.